The molecular weight excluding hydrogens is 439 g/mol. The molecule has 0 aliphatic carbocycles. The summed E-state index contributed by atoms with van der Waals surface area (Å²) in [7, 11) is 0. The van der Waals surface area contributed by atoms with Crippen molar-refractivity contribution in [1.82, 2.24) is 10.3 Å². The molecule has 4 heteroatoms. The van der Waals surface area contributed by atoms with E-state index in [0.717, 1.165) is 29.6 Å². The lowest BCUT2D eigenvalue weighted by atomic mass is 10.0. The second-order valence-electron chi connectivity index (χ2n) is 4.99. The molecule has 0 aliphatic rings. The molecule has 2 rings (SSSR count). The monoisotopic (exact) mass is 458 g/mol. The van der Waals surface area contributed by atoms with Crippen LogP contribution in [0.4, 0.5) is 0 Å². The van der Waals surface area contributed by atoms with Crippen LogP contribution in [-0.4, -0.2) is 11.5 Å². The van der Waals surface area contributed by atoms with Gasteiger partial charge in [0, 0.05) is 32.4 Å². The number of rotatable bonds is 6. The van der Waals surface area contributed by atoms with Gasteiger partial charge in [-0.05, 0) is 70.9 Å². The summed E-state index contributed by atoms with van der Waals surface area (Å²) in [4.78, 5) is 4.59. The van der Waals surface area contributed by atoms with E-state index >= 15 is 0 Å². The first-order valence-corrected chi connectivity index (χ1v) is 9.13. The van der Waals surface area contributed by atoms with Crippen molar-refractivity contribution < 1.29 is 0 Å². The van der Waals surface area contributed by atoms with Crippen LogP contribution in [0.1, 0.15) is 36.7 Å². The van der Waals surface area contributed by atoms with E-state index in [2.05, 4.69) is 93.0 Å². The van der Waals surface area contributed by atoms with E-state index in [1.807, 2.05) is 6.20 Å². The van der Waals surface area contributed by atoms with Crippen molar-refractivity contribution in [2.24, 2.45) is 0 Å². The van der Waals surface area contributed by atoms with E-state index in [4.69, 9.17) is 0 Å². The predicted octanol–water partition coefficient (Wildman–Crippen LogP) is 4.90. The zero-order valence-electron chi connectivity index (χ0n) is 12.4. The van der Waals surface area contributed by atoms with Crippen molar-refractivity contribution in [1.29, 1.82) is 0 Å². The zero-order valence-corrected chi connectivity index (χ0v) is 16.1. The fourth-order valence-corrected chi connectivity index (χ4v) is 3.35. The Morgan fingerprint density at radius 2 is 2.05 bits per heavy atom. The van der Waals surface area contributed by atoms with E-state index in [1.54, 1.807) is 0 Å². The van der Waals surface area contributed by atoms with Gasteiger partial charge in [0.1, 0.15) is 0 Å². The SMILES string of the molecule is CCNC(Cc1ccc(CC)cn1)c1cc(I)ccc1Br. The number of likely N-dealkylation sites (N-methyl/N-ethyl adjacent to an activating group) is 1. The molecule has 1 aromatic carbocycles. The molecule has 1 unspecified atom stereocenters. The molecule has 0 saturated carbocycles. The number of aromatic nitrogens is 1. The van der Waals surface area contributed by atoms with Crippen molar-refractivity contribution in [2.75, 3.05) is 6.54 Å². The largest absolute Gasteiger partial charge is 0.310 e. The maximum atomic E-state index is 4.59. The highest BCUT2D eigenvalue weighted by molar-refractivity contribution is 14.1. The Kier molecular flexibility index (Phi) is 6.64. The second-order valence-corrected chi connectivity index (χ2v) is 7.09. The van der Waals surface area contributed by atoms with Crippen molar-refractivity contribution in [2.45, 2.75) is 32.7 Å². The standard InChI is InChI=1S/C17H20BrIN2/c1-3-12-5-7-14(21-11-12)10-17(20-4-2)15-9-13(19)6-8-16(15)18/h5-9,11,17,20H,3-4,10H2,1-2H3. The van der Waals surface area contributed by atoms with Crippen molar-refractivity contribution in [3.8, 4) is 0 Å². The van der Waals surface area contributed by atoms with E-state index in [0.29, 0.717) is 0 Å². The van der Waals surface area contributed by atoms with E-state index in [-0.39, 0.29) is 6.04 Å². The maximum absolute atomic E-state index is 4.59. The summed E-state index contributed by atoms with van der Waals surface area (Å²) in [6.07, 6.45) is 3.92. The van der Waals surface area contributed by atoms with Crippen LogP contribution >= 0.6 is 38.5 Å². The topological polar surface area (TPSA) is 24.9 Å². The summed E-state index contributed by atoms with van der Waals surface area (Å²) >= 11 is 6.03. The molecule has 0 radical (unpaired) electrons. The maximum Gasteiger partial charge on any atom is 0.0422 e. The Hall–Kier alpha value is -0.460. The third-order valence-electron chi connectivity index (χ3n) is 3.49. The molecule has 2 nitrogen and oxygen atoms in total. The van der Waals surface area contributed by atoms with Crippen LogP contribution in [0, 0.1) is 3.57 Å². The van der Waals surface area contributed by atoms with Crippen LogP contribution in [0.25, 0.3) is 0 Å². The van der Waals surface area contributed by atoms with Gasteiger partial charge < -0.3 is 5.32 Å². The third-order valence-corrected chi connectivity index (χ3v) is 4.88. The van der Waals surface area contributed by atoms with Crippen molar-refractivity contribution in [3.63, 3.8) is 0 Å². The highest BCUT2D eigenvalue weighted by Crippen LogP contribution is 2.27. The summed E-state index contributed by atoms with van der Waals surface area (Å²) < 4.78 is 2.40. The number of pyridine rings is 1. The average molecular weight is 459 g/mol. The van der Waals surface area contributed by atoms with Crippen molar-refractivity contribution in [3.05, 3.63) is 61.4 Å². The normalized spacial score (nSPS) is 12.4. The van der Waals surface area contributed by atoms with E-state index in [1.165, 1.54) is 14.7 Å². The lowest BCUT2D eigenvalue weighted by molar-refractivity contribution is 0.542. The van der Waals surface area contributed by atoms with E-state index < -0.39 is 0 Å². The highest BCUT2D eigenvalue weighted by atomic mass is 127. The highest BCUT2D eigenvalue weighted by Gasteiger charge is 2.15. The molecule has 0 bridgehead atoms. The molecule has 21 heavy (non-hydrogen) atoms. The Labute approximate surface area is 149 Å². The number of hydrogen-bond donors (Lipinski definition) is 1. The predicted molar refractivity (Wildman–Crippen MR) is 101 cm³/mol. The molecule has 2 aromatic rings. The molecular formula is C17H20BrIN2. The first kappa shape index (κ1) is 16.9. The first-order chi connectivity index (χ1) is 10.1. The summed E-state index contributed by atoms with van der Waals surface area (Å²) in [5.74, 6) is 0. The Bertz CT molecular complexity index is 584. The summed E-state index contributed by atoms with van der Waals surface area (Å²) in [6, 6.07) is 11.1. The molecule has 112 valence electrons. The lowest BCUT2D eigenvalue weighted by Crippen LogP contribution is -2.23. The van der Waals surface area contributed by atoms with Crippen LogP contribution in [-0.2, 0) is 12.8 Å². The van der Waals surface area contributed by atoms with Gasteiger partial charge in [-0.25, -0.2) is 0 Å². The fraction of sp³-hybridized carbons (Fsp3) is 0.353. The van der Waals surface area contributed by atoms with Gasteiger partial charge in [-0.15, -0.1) is 0 Å². The molecule has 1 N–H and O–H groups in total. The first-order valence-electron chi connectivity index (χ1n) is 7.26. The van der Waals surface area contributed by atoms with Gasteiger partial charge in [0.05, 0.1) is 0 Å². The Balaban J connectivity index is 2.23. The molecule has 0 amide bonds. The lowest BCUT2D eigenvalue weighted by Gasteiger charge is -2.20. The number of nitrogens with zero attached hydrogens (tertiary/aromatic N) is 1. The van der Waals surface area contributed by atoms with Crippen LogP contribution in [0.2, 0.25) is 0 Å². The minimum Gasteiger partial charge on any atom is -0.310 e. The van der Waals surface area contributed by atoms with Gasteiger partial charge in [-0.1, -0.05) is 35.8 Å². The number of benzene rings is 1. The summed E-state index contributed by atoms with van der Waals surface area (Å²) in [5.41, 5.74) is 3.71. The third kappa shape index (κ3) is 4.76. The number of halogens is 2. The Morgan fingerprint density at radius 3 is 2.67 bits per heavy atom. The summed E-state index contributed by atoms with van der Waals surface area (Å²) in [5, 5.41) is 3.57. The minimum absolute atomic E-state index is 0.277. The van der Waals surface area contributed by atoms with Crippen molar-refractivity contribution >= 4 is 38.5 Å². The van der Waals surface area contributed by atoms with E-state index in [9.17, 15) is 0 Å². The van der Waals surface area contributed by atoms with Gasteiger partial charge in [0.25, 0.3) is 0 Å². The average Bonchev–Trinajstić information content (AvgIpc) is 2.50. The number of nitrogens with one attached hydrogen (secondary N) is 1. The molecule has 0 spiro atoms. The summed E-state index contributed by atoms with van der Waals surface area (Å²) in [6.45, 7) is 5.24. The van der Waals surface area contributed by atoms with Gasteiger partial charge in [0.2, 0.25) is 0 Å². The smallest absolute Gasteiger partial charge is 0.0422 e. The van der Waals surface area contributed by atoms with Gasteiger partial charge in [0.15, 0.2) is 0 Å². The van der Waals surface area contributed by atoms with Crippen LogP contribution in [0.5, 0.6) is 0 Å². The molecule has 0 aliphatic heterocycles. The number of hydrogen-bond acceptors (Lipinski definition) is 2. The molecule has 1 aromatic heterocycles. The second kappa shape index (κ2) is 8.25. The van der Waals surface area contributed by atoms with Gasteiger partial charge >= 0.3 is 0 Å². The van der Waals surface area contributed by atoms with Gasteiger partial charge in [-0.3, -0.25) is 4.98 Å². The number of aryl methyl sites for hydroxylation is 1. The van der Waals surface area contributed by atoms with Crippen LogP contribution in [0.3, 0.4) is 0 Å². The zero-order chi connectivity index (χ0) is 15.2. The molecule has 0 saturated heterocycles. The van der Waals surface area contributed by atoms with Crippen LogP contribution in [0.15, 0.2) is 41.0 Å². The van der Waals surface area contributed by atoms with Crippen LogP contribution < -0.4 is 5.32 Å². The molecule has 1 atom stereocenters. The quantitative estimate of drug-likeness (QED) is 0.622. The molecule has 1 heterocycles. The molecule has 0 fully saturated rings. The van der Waals surface area contributed by atoms with Gasteiger partial charge in [-0.2, -0.15) is 0 Å². The fourth-order valence-electron chi connectivity index (χ4n) is 2.31. The minimum atomic E-state index is 0.277. The Morgan fingerprint density at radius 1 is 1.24 bits per heavy atom.